The van der Waals surface area contributed by atoms with E-state index in [1.165, 1.54) is 0 Å². The Hall–Kier alpha value is -2.54. The fourth-order valence-corrected chi connectivity index (χ4v) is 6.80. The summed E-state index contributed by atoms with van der Waals surface area (Å²) in [5.41, 5.74) is 6.98. The smallest absolute Gasteiger partial charge is 0.410 e. The Morgan fingerprint density at radius 3 is 2.77 bits per heavy atom. The molecule has 4 aliphatic carbocycles. The van der Waals surface area contributed by atoms with E-state index in [1.807, 2.05) is 35.2 Å². The van der Waals surface area contributed by atoms with Crippen molar-refractivity contribution in [3.8, 4) is 0 Å². The van der Waals surface area contributed by atoms with Crippen LogP contribution >= 0.6 is 0 Å². The van der Waals surface area contributed by atoms with Gasteiger partial charge in [-0.05, 0) is 86.6 Å². The van der Waals surface area contributed by atoms with Gasteiger partial charge in [0.15, 0.2) is 0 Å². The Balaban J connectivity index is 1.07. The second-order valence-electron chi connectivity index (χ2n) is 10.3. The molecule has 0 spiro atoms. The van der Waals surface area contributed by atoms with Crippen LogP contribution in [-0.4, -0.2) is 51.9 Å². The predicted molar refractivity (Wildman–Crippen MR) is 119 cm³/mol. The number of aromatic nitrogens is 1. The maximum Gasteiger partial charge on any atom is 0.410 e. The maximum absolute atomic E-state index is 12.9. The Labute approximate surface area is 182 Å². The summed E-state index contributed by atoms with van der Waals surface area (Å²) >= 11 is 0. The number of nitrogens with two attached hydrogens (primary N) is 1. The SMILES string of the molecule is Nc1ccc2nc(N[C@@H]3CCN(C(=O)OC4C5CC6CC4CC(O)(C6)C5)C3)ccc2c1. The second-order valence-corrected chi connectivity index (χ2v) is 10.3. The molecule has 1 aromatic heterocycles. The van der Waals surface area contributed by atoms with E-state index in [0.29, 0.717) is 30.8 Å². The molecule has 2 heterocycles. The monoisotopic (exact) mass is 422 g/mol. The van der Waals surface area contributed by atoms with Crippen LogP contribution in [0.5, 0.6) is 0 Å². The number of benzene rings is 1. The van der Waals surface area contributed by atoms with Crippen LogP contribution in [0.3, 0.4) is 0 Å². The quantitative estimate of drug-likeness (QED) is 0.656. The van der Waals surface area contributed by atoms with Gasteiger partial charge in [-0.2, -0.15) is 0 Å². The molecule has 0 radical (unpaired) electrons. The van der Waals surface area contributed by atoms with E-state index in [9.17, 15) is 9.90 Å². The first-order chi connectivity index (χ1) is 14.9. The topological polar surface area (TPSA) is 101 Å². The Morgan fingerprint density at radius 1 is 1.19 bits per heavy atom. The molecule has 1 aromatic carbocycles. The number of pyridine rings is 1. The number of rotatable bonds is 3. The summed E-state index contributed by atoms with van der Waals surface area (Å²) < 4.78 is 6.04. The van der Waals surface area contributed by atoms with E-state index < -0.39 is 5.60 Å². The summed E-state index contributed by atoms with van der Waals surface area (Å²) in [4.78, 5) is 19.4. The highest BCUT2D eigenvalue weighted by Crippen LogP contribution is 2.56. The lowest BCUT2D eigenvalue weighted by Gasteiger charge is -2.57. The van der Waals surface area contributed by atoms with Crippen LogP contribution in [-0.2, 0) is 4.74 Å². The number of hydrogen-bond acceptors (Lipinski definition) is 6. The predicted octanol–water partition coefficient (Wildman–Crippen LogP) is 3.38. The Bertz CT molecular complexity index is 1010. The van der Waals surface area contributed by atoms with Gasteiger partial charge in [-0.25, -0.2) is 9.78 Å². The van der Waals surface area contributed by atoms with Gasteiger partial charge in [-0.15, -0.1) is 0 Å². The van der Waals surface area contributed by atoms with E-state index >= 15 is 0 Å². The highest BCUT2D eigenvalue weighted by molar-refractivity contribution is 5.83. The van der Waals surface area contributed by atoms with Crippen molar-refractivity contribution in [2.45, 2.75) is 56.3 Å². The number of ether oxygens (including phenoxy) is 1. The van der Waals surface area contributed by atoms with Gasteiger partial charge in [0.1, 0.15) is 11.9 Å². The number of amides is 1. The summed E-state index contributed by atoms with van der Waals surface area (Å²) in [6.07, 6.45) is 5.37. The minimum absolute atomic E-state index is 0.0223. The number of aliphatic hydroxyl groups is 1. The van der Waals surface area contributed by atoms with Gasteiger partial charge in [0, 0.05) is 30.2 Å². The first kappa shape index (κ1) is 19.2. The molecule has 7 rings (SSSR count). The molecule has 4 saturated carbocycles. The normalized spacial score (nSPS) is 36.2. The third-order valence-electron chi connectivity index (χ3n) is 7.90. The molecular formula is C24H30N4O3. The fraction of sp³-hybridized carbons (Fsp3) is 0.583. The second kappa shape index (κ2) is 6.99. The van der Waals surface area contributed by atoms with E-state index in [-0.39, 0.29) is 18.2 Å². The van der Waals surface area contributed by atoms with Crippen molar-refractivity contribution in [3.63, 3.8) is 0 Å². The highest BCUT2D eigenvalue weighted by atomic mass is 16.6. The number of nitrogens with one attached hydrogen (secondary N) is 1. The molecule has 164 valence electrons. The molecule has 7 heteroatoms. The largest absolute Gasteiger partial charge is 0.446 e. The van der Waals surface area contributed by atoms with Crippen molar-refractivity contribution >= 4 is 28.5 Å². The molecule has 1 aliphatic heterocycles. The summed E-state index contributed by atoms with van der Waals surface area (Å²) in [6, 6.07) is 9.84. The molecule has 3 atom stereocenters. The first-order valence-electron chi connectivity index (χ1n) is 11.5. The number of likely N-dealkylation sites (tertiary alicyclic amines) is 1. The van der Waals surface area contributed by atoms with Crippen LogP contribution in [0.2, 0.25) is 0 Å². The van der Waals surface area contributed by atoms with Crippen LogP contribution in [0.25, 0.3) is 10.9 Å². The Morgan fingerprint density at radius 2 is 2.00 bits per heavy atom. The number of nitrogens with zero attached hydrogens (tertiary/aromatic N) is 2. The minimum Gasteiger partial charge on any atom is -0.446 e. The lowest BCUT2D eigenvalue weighted by atomic mass is 9.53. The summed E-state index contributed by atoms with van der Waals surface area (Å²) in [7, 11) is 0. The zero-order valence-electron chi connectivity index (χ0n) is 17.7. The number of hydrogen-bond donors (Lipinski definition) is 3. The average molecular weight is 423 g/mol. The number of anilines is 2. The zero-order valence-corrected chi connectivity index (χ0v) is 17.7. The first-order valence-corrected chi connectivity index (χ1v) is 11.5. The van der Waals surface area contributed by atoms with Crippen molar-refractivity contribution in [2.24, 2.45) is 17.8 Å². The van der Waals surface area contributed by atoms with Gasteiger partial charge in [-0.1, -0.05) is 0 Å². The lowest BCUT2D eigenvalue weighted by Crippen LogP contribution is -2.58. The summed E-state index contributed by atoms with van der Waals surface area (Å²) in [5.74, 6) is 2.08. The molecule has 7 nitrogen and oxygen atoms in total. The van der Waals surface area contributed by atoms with Crippen LogP contribution in [0.4, 0.5) is 16.3 Å². The molecule has 4 N–H and O–H groups in total. The van der Waals surface area contributed by atoms with Crippen molar-refractivity contribution < 1.29 is 14.6 Å². The number of carbonyl (C=O) groups is 1. The molecule has 1 amide bonds. The number of nitrogen functional groups attached to an aromatic ring is 1. The zero-order chi connectivity index (χ0) is 21.2. The highest BCUT2D eigenvalue weighted by Gasteiger charge is 2.56. The van der Waals surface area contributed by atoms with Crippen molar-refractivity contribution in [1.29, 1.82) is 0 Å². The number of fused-ring (bicyclic) bond motifs is 1. The van der Waals surface area contributed by atoms with Crippen molar-refractivity contribution in [2.75, 3.05) is 24.1 Å². The van der Waals surface area contributed by atoms with Gasteiger partial charge in [0.2, 0.25) is 0 Å². The Kier molecular flexibility index (Phi) is 4.32. The van der Waals surface area contributed by atoms with Gasteiger partial charge in [0.05, 0.1) is 11.1 Å². The average Bonchev–Trinajstić information content (AvgIpc) is 3.18. The summed E-state index contributed by atoms with van der Waals surface area (Å²) in [5, 5.41) is 15.2. The van der Waals surface area contributed by atoms with Crippen LogP contribution in [0.15, 0.2) is 30.3 Å². The molecule has 2 unspecified atom stereocenters. The van der Waals surface area contributed by atoms with E-state index in [2.05, 4.69) is 10.3 Å². The molecule has 31 heavy (non-hydrogen) atoms. The van der Waals surface area contributed by atoms with Crippen LogP contribution in [0.1, 0.15) is 38.5 Å². The summed E-state index contributed by atoms with van der Waals surface area (Å²) in [6.45, 7) is 1.31. The van der Waals surface area contributed by atoms with E-state index in [0.717, 1.165) is 60.9 Å². The van der Waals surface area contributed by atoms with Gasteiger partial charge in [-0.3, -0.25) is 0 Å². The number of carbonyl (C=O) groups excluding carboxylic acids is 1. The molecule has 1 saturated heterocycles. The van der Waals surface area contributed by atoms with E-state index in [1.54, 1.807) is 0 Å². The molecule has 5 aliphatic rings. The third kappa shape index (κ3) is 3.49. The van der Waals surface area contributed by atoms with Crippen molar-refractivity contribution in [3.05, 3.63) is 30.3 Å². The third-order valence-corrected chi connectivity index (χ3v) is 7.90. The lowest BCUT2D eigenvalue weighted by molar-refractivity contribution is -0.177. The molecule has 5 fully saturated rings. The standard InChI is InChI=1S/C24H30N4O3/c25-18-2-3-20-15(9-18)1-4-21(27-20)26-19-5-6-28(13-19)23(29)31-22-16-7-14-8-17(22)12-24(30,10-14)11-16/h1-4,9,14,16-17,19,22,30H,5-8,10-13,25H2,(H,26,27)/t14?,16?,17?,19-,22?,24?/m1/s1. The van der Waals surface area contributed by atoms with Crippen LogP contribution < -0.4 is 11.1 Å². The van der Waals surface area contributed by atoms with E-state index in [4.69, 9.17) is 10.5 Å². The molecule has 2 aromatic rings. The maximum atomic E-state index is 12.9. The molecule has 4 bridgehead atoms. The fourth-order valence-electron chi connectivity index (χ4n) is 6.80. The van der Waals surface area contributed by atoms with Gasteiger partial charge in [0.25, 0.3) is 0 Å². The van der Waals surface area contributed by atoms with Crippen molar-refractivity contribution in [1.82, 2.24) is 9.88 Å². The van der Waals surface area contributed by atoms with Gasteiger partial charge < -0.3 is 25.8 Å². The minimum atomic E-state index is -0.499. The van der Waals surface area contributed by atoms with Gasteiger partial charge >= 0.3 is 6.09 Å². The van der Waals surface area contributed by atoms with Crippen LogP contribution in [0, 0.1) is 17.8 Å². The molecular weight excluding hydrogens is 392 g/mol.